The lowest BCUT2D eigenvalue weighted by molar-refractivity contribution is -0.141. The van der Waals surface area contributed by atoms with Gasteiger partial charge in [0, 0.05) is 25.4 Å². The van der Waals surface area contributed by atoms with E-state index in [-0.39, 0.29) is 11.9 Å². The highest BCUT2D eigenvalue weighted by Crippen LogP contribution is 2.22. The highest BCUT2D eigenvalue weighted by atomic mass is 32.1. The minimum absolute atomic E-state index is 0.158. The van der Waals surface area contributed by atoms with Crippen molar-refractivity contribution in [3.63, 3.8) is 0 Å². The first-order valence-corrected chi connectivity index (χ1v) is 25.4. The second-order valence-electron chi connectivity index (χ2n) is 15.4. The summed E-state index contributed by atoms with van der Waals surface area (Å²) in [5.74, 6) is -0.316. The average Bonchev–Trinajstić information content (AvgIpc) is 3.10. The zero-order chi connectivity index (χ0) is 37.9. The van der Waals surface area contributed by atoms with E-state index in [0.717, 1.165) is 51.0 Å². The van der Waals surface area contributed by atoms with Crippen molar-refractivity contribution in [3.05, 3.63) is 0 Å². The molecule has 0 saturated heterocycles. The number of hydrogen-bond acceptors (Lipinski definition) is 5. The minimum atomic E-state index is -2.84. The van der Waals surface area contributed by atoms with Crippen molar-refractivity contribution in [2.75, 3.05) is 0 Å². The van der Waals surface area contributed by atoms with Crippen LogP contribution < -0.4 is 0 Å². The topological polar surface area (TPSA) is 69.7 Å². The first kappa shape index (κ1) is 52.3. The lowest BCUT2D eigenvalue weighted by Crippen LogP contribution is -2.42. The van der Waals surface area contributed by atoms with E-state index in [1.165, 1.54) is 173 Å². The van der Waals surface area contributed by atoms with Crippen LogP contribution in [0.5, 0.6) is 0 Å². The van der Waals surface area contributed by atoms with Gasteiger partial charge >= 0.3 is 8.56 Å². The molecule has 0 fully saturated rings. The smallest absolute Gasteiger partial charge is 0.461 e. The molecular weight excluding hydrogens is 669 g/mol. The van der Waals surface area contributed by atoms with Crippen LogP contribution in [0.2, 0.25) is 12.6 Å². The molecule has 0 rings (SSSR count). The van der Waals surface area contributed by atoms with E-state index in [1.807, 2.05) is 6.55 Å². The van der Waals surface area contributed by atoms with Gasteiger partial charge in [-0.1, -0.05) is 220 Å². The third kappa shape index (κ3) is 43.5. The molecule has 0 heterocycles. The number of hydrogen-bond donors (Lipinski definition) is 1. The predicted octanol–water partition coefficient (Wildman–Crippen LogP) is 15.4. The van der Waals surface area contributed by atoms with Gasteiger partial charge in [0.1, 0.15) is 0 Å². The van der Waals surface area contributed by atoms with Crippen LogP contribution in [0.1, 0.15) is 252 Å². The maximum atomic E-state index is 12.8. The fourth-order valence-corrected chi connectivity index (χ4v) is 9.17. The Hall–Kier alpha value is -0.823. The monoisotopic (exact) mass is 757 g/mol. The lowest BCUT2D eigenvalue weighted by atomic mass is 10.0. The van der Waals surface area contributed by atoms with Crippen LogP contribution in [0.4, 0.5) is 0 Å². The number of thiol groups is 1. The zero-order valence-electron chi connectivity index (χ0n) is 34.7. The van der Waals surface area contributed by atoms with E-state index in [2.05, 4.69) is 33.4 Å². The van der Waals surface area contributed by atoms with Gasteiger partial charge in [-0.2, -0.15) is 0 Å². The molecule has 5 nitrogen and oxygen atoms in total. The van der Waals surface area contributed by atoms with Gasteiger partial charge in [0.15, 0.2) is 5.62 Å². The Kier molecular flexibility index (Phi) is 44.7. The lowest BCUT2D eigenvalue weighted by Gasteiger charge is -2.26. The molecule has 304 valence electrons. The van der Waals surface area contributed by atoms with E-state index in [0.29, 0.717) is 18.5 Å². The van der Waals surface area contributed by atoms with Gasteiger partial charge in [-0.05, 0) is 19.3 Å². The summed E-state index contributed by atoms with van der Waals surface area (Å²) in [7, 11) is -2.84. The van der Waals surface area contributed by atoms with Crippen LogP contribution >= 0.6 is 12.6 Å². The summed E-state index contributed by atoms with van der Waals surface area (Å²) in [6, 6.07) is 0.724. The maximum absolute atomic E-state index is 12.8. The van der Waals surface area contributed by atoms with Gasteiger partial charge in [0.05, 0.1) is 0 Å². The molecule has 0 saturated carbocycles. The molecule has 0 spiro atoms. The quantitative estimate of drug-likeness (QED) is 0.0293. The van der Waals surface area contributed by atoms with Crippen LogP contribution in [0, 0.1) is 0 Å². The van der Waals surface area contributed by atoms with Crippen LogP contribution in [0.15, 0.2) is 0 Å². The van der Waals surface area contributed by atoms with Crippen molar-refractivity contribution < 1.29 is 23.2 Å². The predicted molar refractivity (Wildman–Crippen MR) is 228 cm³/mol. The molecule has 0 N–H and O–H groups in total. The Labute approximate surface area is 325 Å². The summed E-state index contributed by atoms with van der Waals surface area (Å²) in [5, 5.41) is 0. The van der Waals surface area contributed by atoms with Crippen molar-refractivity contribution in [1.29, 1.82) is 0 Å². The van der Waals surface area contributed by atoms with Gasteiger partial charge in [-0.3, -0.25) is 14.4 Å². The summed E-state index contributed by atoms with van der Waals surface area (Å²) in [6.45, 7) is 8.70. The summed E-state index contributed by atoms with van der Waals surface area (Å²) >= 11 is 3.11. The van der Waals surface area contributed by atoms with Gasteiger partial charge in [-0.15, -0.1) is 12.6 Å². The van der Waals surface area contributed by atoms with E-state index >= 15 is 0 Å². The molecule has 0 aromatic heterocycles. The molecule has 0 atom stereocenters. The average molecular weight is 757 g/mol. The molecule has 0 aromatic carbocycles. The van der Waals surface area contributed by atoms with Gasteiger partial charge < -0.3 is 8.85 Å². The fraction of sp³-hybridized carbons (Fsp3) is 0.932. The highest BCUT2D eigenvalue weighted by molar-refractivity contribution is 7.94. The Balaban J connectivity index is 0. The number of unbranched alkanes of at least 4 members (excludes halogenated alkanes) is 31. The van der Waals surface area contributed by atoms with Crippen molar-refractivity contribution in [2.45, 2.75) is 265 Å². The summed E-state index contributed by atoms with van der Waals surface area (Å²) in [5.41, 5.74) is 0.444. The zero-order valence-corrected chi connectivity index (χ0v) is 36.6. The second kappa shape index (κ2) is 43.6. The third-order valence-corrected chi connectivity index (χ3v) is 12.7. The van der Waals surface area contributed by atoms with Gasteiger partial charge in [0.25, 0.3) is 11.9 Å². The fourth-order valence-electron chi connectivity index (χ4n) is 6.86. The number of carbonyl (C=O) groups excluding carboxylic acids is 3. The molecule has 0 aliphatic heterocycles. The maximum Gasteiger partial charge on any atom is 0.461 e. The SMILES string of the molecule is CCCCCCCCCCCCCCCCCC(=O)O[Si](C)(CCCCCC)OC(=O)CCCCCCCCCCCCCCCCC.O=CS. The van der Waals surface area contributed by atoms with E-state index < -0.39 is 8.56 Å². The molecule has 0 radical (unpaired) electrons. The van der Waals surface area contributed by atoms with E-state index in [1.54, 1.807) is 0 Å². The molecule has 51 heavy (non-hydrogen) atoms. The molecular formula is C44H88O5SSi. The summed E-state index contributed by atoms with van der Waals surface area (Å²) in [4.78, 5) is 34.3. The van der Waals surface area contributed by atoms with Crippen LogP contribution in [0.25, 0.3) is 0 Å². The molecule has 0 bridgehead atoms. The third-order valence-electron chi connectivity index (χ3n) is 10.1. The highest BCUT2D eigenvalue weighted by Gasteiger charge is 2.38. The van der Waals surface area contributed by atoms with Gasteiger partial charge in [-0.25, -0.2) is 0 Å². The van der Waals surface area contributed by atoms with Crippen LogP contribution in [-0.4, -0.2) is 26.1 Å². The van der Waals surface area contributed by atoms with E-state index in [9.17, 15) is 9.59 Å². The second-order valence-corrected chi connectivity index (χ2v) is 18.8. The molecule has 0 unspecified atom stereocenters. The van der Waals surface area contributed by atoms with Gasteiger partial charge in [0.2, 0.25) is 0 Å². The van der Waals surface area contributed by atoms with Crippen LogP contribution in [-0.2, 0) is 23.2 Å². The normalized spacial score (nSPS) is 11.2. The molecule has 0 amide bonds. The van der Waals surface area contributed by atoms with Crippen molar-refractivity contribution in [2.24, 2.45) is 0 Å². The first-order chi connectivity index (χ1) is 24.9. The van der Waals surface area contributed by atoms with Crippen molar-refractivity contribution >= 4 is 38.7 Å². The van der Waals surface area contributed by atoms with Crippen molar-refractivity contribution in [1.82, 2.24) is 0 Å². The standard InChI is InChI=1S/C43H86O4Si.CH2OS/c1-5-8-11-14-16-18-20-22-24-26-28-30-32-34-36-39-42(44)46-48(4,41-38-13-10-7-3)47-43(45)40-37-35-33-31-29-27-25-23-21-19-17-15-12-9-6-2;2-1-3/h5-41H2,1-4H3;1H,(H,2,3). The molecule has 7 heteroatoms. The largest absolute Gasteiger partial charge is 0.485 e. The van der Waals surface area contributed by atoms with Crippen molar-refractivity contribution in [3.8, 4) is 0 Å². The number of rotatable bonds is 39. The molecule has 0 aliphatic rings. The Morgan fingerprint density at radius 3 is 0.843 bits per heavy atom. The summed E-state index contributed by atoms with van der Waals surface area (Å²) < 4.78 is 12.0. The van der Waals surface area contributed by atoms with Crippen LogP contribution in [0.3, 0.4) is 0 Å². The first-order valence-electron chi connectivity index (χ1n) is 22.4. The minimum Gasteiger partial charge on any atom is -0.485 e. The summed E-state index contributed by atoms with van der Waals surface area (Å²) in [6.07, 6.45) is 44.7. The Bertz CT molecular complexity index is 686. The Morgan fingerprint density at radius 1 is 0.412 bits per heavy atom. The molecule has 0 aliphatic carbocycles. The Morgan fingerprint density at radius 2 is 0.608 bits per heavy atom. The number of carbonyl (C=O) groups is 3. The molecule has 0 aromatic rings. The van der Waals surface area contributed by atoms with E-state index in [4.69, 9.17) is 13.6 Å².